The highest BCUT2D eigenvalue weighted by Crippen LogP contribution is 2.50. The zero-order valence-electron chi connectivity index (χ0n) is 23.0. The molecule has 0 fully saturated rings. The molecule has 198 valence electrons. The Balaban J connectivity index is 1.59. The van der Waals surface area contributed by atoms with Crippen LogP contribution in [0.5, 0.6) is 23.0 Å². The highest BCUT2D eigenvalue weighted by atomic mass is 32.1. The van der Waals surface area contributed by atoms with E-state index in [2.05, 4.69) is 45.1 Å². The number of rotatable bonds is 8. The Labute approximate surface area is 223 Å². The summed E-state index contributed by atoms with van der Waals surface area (Å²) in [7, 11) is 6.42. The van der Waals surface area contributed by atoms with Crippen molar-refractivity contribution in [3.63, 3.8) is 0 Å². The molecule has 0 unspecified atom stereocenters. The Morgan fingerprint density at radius 2 is 1.38 bits per heavy atom. The van der Waals surface area contributed by atoms with Gasteiger partial charge in [-0.1, -0.05) is 27.7 Å². The molecule has 1 aromatic heterocycles. The van der Waals surface area contributed by atoms with Crippen LogP contribution in [0.3, 0.4) is 0 Å². The fourth-order valence-electron chi connectivity index (χ4n) is 5.07. The third-order valence-electron chi connectivity index (χ3n) is 7.45. The predicted molar refractivity (Wildman–Crippen MR) is 149 cm³/mol. The zero-order chi connectivity index (χ0) is 27.0. The van der Waals surface area contributed by atoms with Gasteiger partial charge in [-0.25, -0.2) is 0 Å². The molecule has 1 N–H and O–H groups in total. The molecule has 0 spiro atoms. The number of benzene rings is 2. The fourth-order valence-corrected chi connectivity index (χ4v) is 6.01. The highest BCUT2D eigenvalue weighted by Gasteiger charge is 2.38. The normalized spacial score (nSPS) is 15.5. The van der Waals surface area contributed by atoms with Crippen molar-refractivity contribution in [1.82, 2.24) is 5.32 Å². The summed E-state index contributed by atoms with van der Waals surface area (Å²) < 4.78 is 22.1. The summed E-state index contributed by atoms with van der Waals surface area (Å²) in [6.45, 7) is 9.57. The monoisotopic (exact) mass is 523 g/mol. The molecule has 1 heterocycles. The molecular formula is C30H37NO5S. The smallest absolute Gasteiger partial charge is 0.261 e. The van der Waals surface area contributed by atoms with E-state index in [0.29, 0.717) is 28.7 Å². The summed E-state index contributed by atoms with van der Waals surface area (Å²) in [4.78, 5) is 14.7. The van der Waals surface area contributed by atoms with E-state index in [0.717, 1.165) is 34.6 Å². The maximum atomic E-state index is 13.1. The van der Waals surface area contributed by atoms with Crippen LogP contribution in [-0.2, 0) is 17.4 Å². The van der Waals surface area contributed by atoms with Crippen molar-refractivity contribution in [2.75, 3.05) is 28.4 Å². The molecule has 1 aliphatic carbocycles. The van der Waals surface area contributed by atoms with Gasteiger partial charge in [0.15, 0.2) is 11.5 Å². The van der Waals surface area contributed by atoms with Crippen molar-refractivity contribution in [2.24, 2.45) is 0 Å². The van der Waals surface area contributed by atoms with Crippen molar-refractivity contribution in [3.8, 4) is 33.4 Å². The van der Waals surface area contributed by atoms with E-state index in [1.807, 2.05) is 24.3 Å². The van der Waals surface area contributed by atoms with Crippen molar-refractivity contribution in [1.29, 1.82) is 0 Å². The third-order valence-corrected chi connectivity index (χ3v) is 8.56. The van der Waals surface area contributed by atoms with E-state index in [1.54, 1.807) is 28.4 Å². The SMILES string of the molecule is COc1cc2c(cc1-c1ccc(C(=O)NCc3cc(OC)c(OC)c(OC)c3)s1)C(C)(C)CCC2(C)C. The van der Waals surface area contributed by atoms with Crippen LogP contribution in [0, 0.1) is 0 Å². The number of fused-ring (bicyclic) bond motifs is 1. The fraction of sp³-hybridized carbons (Fsp3) is 0.433. The van der Waals surface area contributed by atoms with E-state index in [4.69, 9.17) is 18.9 Å². The van der Waals surface area contributed by atoms with Crippen LogP contribution in [0.2, 0.25) is 0 Å². The summed E-state index contributed by atoms with van der Waals surface area (Å²) in [5.41, 5.74) is 4.78. The summed E-state index contributed by atoms with van der Waals surface area (Å²) in [5.74, 6) is 2.33. The van der Waals surface area contributed by atoms with E-state index in [-0.39, 0.29) is 16.7 Å². The third kappa shape index (κ3) is 5.14. The van der Waals surface area contributed by atoms with Crippen LogP contribution in [0.25, 0.3) is 10.4 Å². The van der Waals surface area contributed by atoms with Crippen molar-refractivity contribution in [3.05, 3.63) is 58.0 Å². The molecule has 7 heteroatoms. The average Bonchev–Trinajstić information content (AvgIpc) is 3.38. The Bertz CT molecular complexity index is 1280. The summed E-state index contributed by atoms with van der Waals surface area (Å²) >= 11 is 1.47. The Morgan fingerprint density at radius 3 is 1.92 bits per heavy atom. The second-order valence-corrected chi connectivity index (χ2v) is 11.8. The van der Waals surface area contributed by atoms with Gasteiger partial charge in [0.05, 0.1) is 33.3 Å². The Morgan fingerprint density at radius 1 is 0.811 bits per heavy atom. The number of hydrogen-bond donors (Lipinski definition) is 1. The first-order valence-corrected chi connectivity index (χ1v) is 13.3. The minimum atomic E-state index is -0.136. The Kier molecular flexibility index (Phi) is 7.47. The molecule has 1 aliphatic rings. The van der Waals surface area contributed by atoms with Gasteiger partial charge in [-0.2, -0.15) is 0 Å². The van der Waals surface area contributed by atoms with Gasteiger partial charge in [0, 0.05) is 17.0 Å². The number of carbonyl (C=O) groups is 1. The number of thiophene rings is 1. The van der Waals surface area contributed by atoms with Crippen LogP contribution in [0.1, 0.15) is 66.9 Å². The lowest BCUT2D eigenvalue weighted by Crippen LogP contribution is -2.33. The molecular weight excluding hydrogens is 486 g/mol. The van der Waals surface area contributed by atoms with Gasteiger partial charge in [0.2, 0.25) is 5.75 Å². The largest absolute Gasteiger partial charge is 0.496 e. The molecule has 0 atom stereocenters. The standard InChI is InChI=1S/C30H37NO5S/c1-29(2)11-12-30(3,4)21-16-22(33-5)19(15-20(21)29)25-9-10-26(37-25)28(32)31-17-18-13-23(34-6)27(36-8)24(14-18)35-7/h9-10,13-16H,11-12,17H2,1-8H3,(H,31,32). The zero-order valence-corrected chi connectivity index (χ0v) is 23.9. The van der Waals surface area contributed by atoms with Crippen molar-refractivity contribution < 1.29 is 23.7 Å². The quantitative estimate of drug-likeness (QED) is 0.355. The lowest BCUT2D eigenvalue weighted by atomic mass is 9.63. The first-order chi connectivity index (χ1) is 17.5. The van der Waals surface area contributed by atoms with Crippen molar-refractivity contribution >= 4 is 17.2 Å². The summed E-state index contributed by atoms with van der Waals surface area (Å²) in [6, 6.07) is 12.0. The number of ether oxygens (including phenoxy) is 4. The molecule has 0 saturated carbocycles. The van der Waals surface area contributed by atoms with Gasteiger partial charge in [-0.3, -0.25) is 4.79 Å². The minimum absolute atomic E-state index is 0.0871. The lowest BCUT2D eigenvalue weighted by molar-refractivity contribution is 0.0955. The highest BCUT2D eigenvalue weighted by molar-refractivity contribution is 7.17. The van der Waals surface area contributed by atoms with Gasteiger partial charge in [-0.05, 0) is 76.8 Å². The van der Waals surface area contributed by atoms with Crippen LogP contribution >= 0.6 is 11.3 Å². The summed E-state index contributed by atoms with van der Waals surface area (Å²) in [5, 5.41) is 3.01. The number of methoxy groups -OCH3 is 4. The van der Waals surface area contributed by atoms with Gasteiger partial charge in [0.25, 0.3) is 5.91 Å². The van der Waals surface area contributed by atoms with Gasteiger partial charge in [-0.15, -0.1) is 11.3 Å². The van der Waals surface area contributed by atoms with E-state index in [9.17, 15) is 4.79 Å². The molecule has 3 aromatic rings. The summed E-state index contributed by atoms with van der Waals surface area (Å²) in [6.07, 6.45) is 2.28. The number of carbonyl (C=O) groups excluding carboxylic acids is 1. The van der Waals surface area contributed by atoms with E-state index in [1.165, 1.54) is 22.5 Å². The first-order valence-electron chi connectivity index (χ1n) is 12.4. The topological polar surface area (TPSA) is 66.0 Å². The van der Waals surface area contributed by atoms with Gasteiger partial charge in [0.1, 0.15) is 5.75 Å². The van der Waals surface area contributed by atoms with Gasteiger partial charge < -0.3 is 24.3 Å². The second kappa shape index (κ2) is 10.3. The molecule has 0 saturated heterocycles. The maximum Gasteiger partial charge on any atom is 0.261 e. The number of nitrogens with one attached hydrogen (secondary N) is 1. The second-order valence-electron chi connectivity index (χ2n) is 10.7. The van der Waals surface area contributed by atoms with E-state index >= 15 is 0 Å². The van der Waals surface area contributed by atoms with Crippen LogP contribution in [0.4, 0.5) is 0 Å². The molecule has 4 rings (SSSR count). The minimum Gasteiger partial charge on any atom is -0.496 e. The van der Waals surface area contributed by atoms with Crippen LogP contribution in [0.15, 0.2) is 36.4 Å². The van der Waals surface area contributed by atoms with Crippen molar-refractivity contribution in [2.45, 2.75) is 57.9 Å². The maximum absolute atomic E-state index is 13.1. The first kappa shape index (κ1) is 26.9. The lowest BCUT2D eigenvalue weighted by Gasteiger charge is -2.42. The molecule has 1 amide bonds. The molecule has 0 bridgehead atoms. The number of amides is 1. The molecule has 6 nitrogen and oxygen atoms in total. The Hall–Kier alpha value is -3.19. The molecule has 0 radical (unpaired) electrons. The van der Waals surface area contributed by atoms with Crippen LogP contribution < -0.4 is 24.3 Å². The molecule has 37 heavy (non-hydrogen) atoms. The molecule has 0 aliphatic heterocycles. The number of hydrogen-bond acceptors (Lipinski definition) is 6. The van der Waals surface area contributed by atoms with Crippen LogP contribution in [-0.4, -0.2) is 34.3 Å². The molecule has 2 aromatic carbocycles. The predicted octanol–water partition coefficient (Wildman–Crippen LogP) is 6.73. The average molecular weight is 524 g/mol. The van der Waals surface area contributed by atoms with E-state index < -0.39 is 0 Å². The van der Waals surface area contributed by atoms with Gasteiger partial charge >= 0.3 is 0 Å².